The molecule has 2 amide bonds. The van der Waals surface area contributed by atoms with Crippen molar-refractivity contribution in [2.75, 3.05) is 30.8 Å². The first-order valence-corrected chi connectivity index (χ1v) is 9.51. The van der Waals surface area contributed by atoms with Gasteiger partial charge in [-0.3, -0.25) is 9.59 Å². The van der Waals surface area contributed by atoms with E-state index < -0.39 is 11.8 Å². The maximum Gasteiger partial charge on any atom is 0.313 e. The number of aromatic nitrogens is 1. The predicted molar refractivity (Wildman–Crippen MR) is 101 cm³/mol. The van der Waals surface area contributed by atoms with E-state index in [-0.39, 0.29) is 6.10 Å². The predicted octanol–water partition coefficient (Wildman–Crippen LogP) is 2.73. The lowest BCUT2D eigenvalue weighted by Crippen LogP contribution is -2.46. The molecular weight excluding hydrogens is 350 g/mol. The summed E-state index contributed by atoms with van der Waals surface area (Å²) in [6.45, 7) is 3.22. The first kappa shape index (κ1) is 18.4. The van der Waals surface area contributed by atoms with E-state index in [9.17, 15) is 9.59 Å². The van der Waals surface area contributed by atoms with Crippen LogP contribution in [0, 0.1) is 0 Å². The molecular formula is C19H21N3O3S. The number of morpholine rings is 1. The molecule has 0 spiro atoms. The zero-order valence-electron chi connectivity index (χ0n) is 14.6. The summed E-state index contributed by atoms with van der Waals surface area (Å²) in [6, 6.07) is 13.3. The van der Waals surface area contributed by atoms with Crippen molar-refractivity contribution in [3.8, 4) is 0 Å². The Morgan fingerprint density at radius 3 is 2.77 bits per heavy atom. The normalized spacial score (nSPS) is 17.0. The number of anilines is 1. The molecule has 1 fully saturated rings. The number of hydrogen-bond acceptors (Lipinski definition) is 5. The third-order valence-electron chi connectivity index (χ3n) is 4.01. The molecule has 2 aromatic rings. The van der Waals surface area contributed by atoms with Gasteiger partial charge in [-0.15, -0.1) is 11.8 Å². The zero-order chi connectivity index (χ0) is 18.4. The summed E-state index contributed by atoms with van der Waals surface area (Å²) >= 11 is 1.62. The van der Waals surface area contributed by atoms with Gasteiger partial charge in [0.1, 0.15) is 6.10 Å². The molecule has 1 saturated heterocycles. The van der Waals surface area contributed by atoms with E-state index in [0.29, 0.717) is 25.4 Å². The van der Waals surface area contributed by atoms with Gasteiger partial charge >= 0.3 is 11.8 Å². The highest BCUT2D eigenvalue weighted by atomic mass is 32.2. The van der Waals surface area contributed by atoms with Gasteiger partial charge in [0.25, 0.3) is 0 Å². The van der Waals surface area contributed by atoms with Gasteiger partial charge in [-0.2, -0.15) is 0 Å². The minimum atomic E-state index is -0.656. The van der Waals surface area contributed by atoms with Gasteiger partial charge in [-0.05, 0) is 23.4 Å². The minimum absolute atomic E-state index is 0.214. The highest BCUT2D eigenvalue weighted by Crippen LogP contribution is 2.22. The lowest BCUT2D eigenvalue weighted by Gasteiger charge is -2.32. The molecule has 0 saturated carbocycles. The Labute approximate surface area is 156 Å². The van der Waals surface area contributed by atoms with Crippen LogP contribution in [0.1, 0.15) is 18.6 Å². The van der Waals surface area contributed by atoms with Crippen molar-refractivity contribution in [2.45, 2.75) is 18.1 Å². The van der Waals surface area contributed by atoms with Crippen molar-refractivity contribution in [1.29, 1.82) is 0 Å². The molecule has 1 atom stereocenters. The van der Waals surface area contributed by atoms with Crippen LogP contribution in [0.2, 0.25) is 0 Å². The van der Waals surface area contributed by atoms with Crippen LogP contribution in [-0.4, -0.2) is 47.1 Å². The number of benzene rings is 1. The van der Waals surface area contributed by atoms with Crippen molar-refractivity contribution < 1.29 is 14.3 Å². The van der Waals surface area contributed by atoms with Crippen LogP contribution >= 0.6 is 11.8 Å². The molecule has 0 bridgehead atoms. The third-order valence-corrected chi connectivity index (χ3v) is 4.83. The fraction of sp³-hybridized carbons (Fsp3) is 0.316. The monoisotopic (exact) mass is 371 g/mol. The maximum atomic E-state index is 12.5. The average molecular weight is 371 g/mol. The van der Waals surface area contributed by atoms with E-state index in [0.717, 1.165) is 16.3 Å². The van der Waals surface area contributed by atoms with Crippen LogP contribution in [0.25, 0.3) is 0 Å². The Bertz CT molecular complexity index is 752. The van der Waals surface area contributed by atoms with Gasteiger partial charge in [0.15, 0.2) is 0 Å². The Morgan fingerprint density at radius 1 is 1.27 bits per heavy atom. The molecule has 1 N–H and O–H groups in total. The molecule has 1 aliphatic rings. The lowest BCUT2D eigenvalue weighted by atomic mass is 10.1. The van der Waals surface area contributed by atoms with E-state index in [1.807, 2.05) is 43.3 Å². The van der Waals surface area contributed by atoms with Crippen molar-refractivity contribution in [1.82, 2.24) is 9.88 Å². The fourth-order valence-electron chi connectivity index (χ4n) is 2.72. The van der Waals surface area contributed by atoms with Gasteiger partial charge in [0.05, 0.1) is 30.1 Å². The maximum absolute atomic E-state index is 12.5. The van der Waals surface area contributed by atoms with E-state index in [1.165, 1.54) is 4.90 Å². The largest absolute Gasteiger partial charge is 0.370 e. The summed E-state index contributed by atoms with van der Waals surface area (Å²) in [5.74, 6) is -0.283. The Morgan fingerprint density at radius 2 is 2.08 bits per heavy atom. The van der Waals surface area contributed by atoms with Gasteiger partial charge in [-0.25, -0.2) is 4.98 Å². The molecule has 136 valence electrons. The summed E-state index contributed by atoms with van der Waals surface area (Å²) in [7, 11) is 0. The second-order valence-corrected chi connectivity index (χ2v) is 7.08. The Hall–Kier alpha value is -2.38. The van der Waals surface area contributed by atoms with Crippen molar-refractivity contribution in [3.05, 3.63) is 54.2 Å². The summed E-state index contributed by atoms with van der Waals surface area (Å²) < 4.78 is 5.74. The SMILES string of the molecule is CCSc1ccc(NC(=O)C(=O)N2CCO[C@H](c3ccccc3)C2)cn1. The molecule has 3 rings (SSSR count). The van der Waals surface area contributed by atoms with Crippen LogP contribution in [-0.2, 0) is 14.3 Å². The van der Waals surface area contributed by atoms with Gasteiger partial charge < -0.3 is 15.0 Å². The summed E-state index contributed by atoms with van der Waals surface area (Å²) in [5.41, 5.74) is 1.51. The fourth-order valence-corrected chi connectivity index (χ4v) is 3.31. The molecule has 1 aromatic heterocycles. The Balaban J connectivity index is 1.60. The third kappa shape index (κ3) is 4.62. The highest BCUT2D eigenvalue weighted by molar-refractivity contribution is 7.99. The molecule has 7 heteroatoms. The number of amides is 2. The number of carbonyl (C=O) groups is 2. The molecule has 1 aliphatic heterocycles. The molecule has 0 unspecified atom stereocenters. The molecule has 2 heterocycles. The molecule has 26 heavy (non-hydrogen) atoms. The number of nitrogens with one attached hydrogen (secondary N) is 1. The first-order chi connectivity index (χ1) is 12.7. The van der Waals surface area contributed by atoms with Gasteiger partial charge in [0.2, 0.25) is 0 Å². The molecule has 0 radical (unpaired) electrons. The van der Waals surface area contributed by atoms with Crippen molar-refractivity contribution in [2.24, 2.45) is 0 Å². The molecule has 6 nitrogen and oxygen atoms in total. The average Bonchev–Trinajstić information content (AvgIpc) is 2.70. The quantitative estimate of drug-likeness (QED) is 0.661. The molecule has 1 aromatic carbocycles. The van der Waals surface area contributed by atoms with Crippen LogP contribution in [0.5, 0.6) is 0 Å². The van der Waals surface area contributed by atoms with E-state index in [1.54, 1.807) is 24.0 Å². The Kier molecular flexibility index (Phi) is 6.25. The second-order valence-electron chi connectivity index (χ2n) is 5.79. The number of hydrogen-bond donors (Lipinski definition) is 1. The van der Waals surface area contributed by atoms with Crippen molar-refractivity contribution in [3.63, 3.8) is 0 Å². The van der Waals surface area contributed by atoms with Crippen molar-refractivity contribution >= 4 is 29.3 Å². The minimum Gasteiger partial charge on any atom is -0.370 e. The number of rotatable bonds is 4. The number of ether oxygens (including phenoxy) is 1. The first-order valence-electron chi connectivity index (χ1n) is 8.53. The topological polar surface area (TPSA) is 71.5 Å². The van der Waals surface area contributed by atoms with Crippen LogP contribution in [0.4, 0.5) is 5.69 Å². The zero-order valence-corrected chi connectivity index (χ0v) is 15.4. The van der Waals surface area contributed by atoms with E-state index in [4.69, 9.17) is 4.74 Å². The summed E-state index contributed by atoms with van der Waals surface area (Å²) in [6.07, 6.45) is 1.35. The second kappa shape index (κ2) is 8.82. The van der Waals surface area contributed by atoms with Crippen LogP contribution in [0.3, 0.4) is 0 Å². The van der Waals surface area contributed by atoms with Gasteiger partial charge in [-0.1, -0.05) is 37.3 Å². The number of thioether (sulfide) groups is 1. The summed E-state index contributed by atoms with van der Waals surface area (Å²) in [4.78, 5) is 30.6. The molecule has 0 aliphatic carbocycles. The number of carbonyl (C=O) groups excluding carboxylic acids is 2. The van der Waals surface area contributed by atoms with Gasteiger partial charge in [0, 0.05) is 6.54 Å². The number of nitrogens with zero attached hydrogens (tertiary/aromatic N) is 2. The van der Waals surface area contributed by atoms with Crippen LogP contribution < -0.4 is 5.32 Å². The number of pyridine rings is 1. The highest BCUT2D eigenvalue weighted by Gasteiger charge is 2.29. The van der Waals surface area contributed by atoms with Crippen LogP contribution in [0.15, 0.2) is 53.7 Å². The lowest BCUT2D eigenvalue weighted by molar-refractivity contribution is -0.148. The standard InChI is InChI=1S/C19H21N3O3S/c1-2-26-17-9-8-15(12-20-17)21-18(23)19(24)22-10-11-25-16(13-22)14-6-4-3-5-7-14/h3-9,12,16H,2,10-11,13H2,1H3,(H,21,23)/t16-/m0/s1. The van der Waals surface area contributed by atoms with E-state index in [2.05, 4.69) is 10.3 Å². The summed E-state index contributed by atoms with van der Waals surface area (Å²) in [5, 5.41) is 3.51. The smallest absolute Gasteiger partial charge is 0.313 e. The van der Waals surface area contributed by atoms with E-state index >= 15 is 0 Å².